The number of benzene rings is 1. The van der Waals surface area contributed by atoms with E-state index in [1.54, 1.807) is 0 Å². The first kappa shape index (κ1) is 11.3. The van der Waals surface area contributed by atoms with E-state index >= 15 is 0 Å². The molecule has 1 heterocycles. The largest absolute Gasteiger partial charge is 0.375 e. The van der Waals surface area contributed by atoms with Crippen molar-refractivity contribution in [3.05, 3.63) is 23.3 Å². The Morgan fingerprint density at radius 3 is 2.89 bits per heavy atom. The smallest absolute Gasteiger partial charge is 0.261 e. The molecular weight excluding hydrogens is 248 g/mol. The second-order valence-electron chi connectivity index (χ2n) is 4.44. The van der Waals surface area contributed by atoms with Crippen molar-refractivity contribution in [2.24, 2.45) is 10.2 Å². The number of thiazole rings is 1. The highest BCUT2D eigenvalue weighted by atomic mass is 32.1. The molecule has 0 saturated carbocycles. The van der Waals surface area contributed by atoms with Gasteiger partial charge in [-0.05, 0) is 36.1 Å². The number of azo groups is 1. The van der Waals surface area contributed by atoms with Gasteiger partial charge in [-0.2, -0.15) is 5.11 Å². The van der Waals surface area contributed by atoms with Gasteiger partial charge in [-0.15, -0.1) is 5.11 Å². The number of nitrogen functional groups attached to an aromatic ring is 1. The average Bonchev–Trinajstić information content (AvgIpc) is 2.83. The van der Waals surface area contributed by atoms with Gasteiger partial charge >= 0.3 is 0 Å². The summed E-state index contributed by atoms with van der Waals surface area (Å²) < 4.78 is 1.11. The van der Waals surface area contributed by atoms with Crippen LogP contribution in [0.1, 0.15) is 18.1 Å². The molecule has 1 atom stereocenters. The molecule has 1 amide bonds. The first-order valence-electron chi connectivity index (χ1n) is 5.71. The molecular formula is C12H12N4OS. The molecule has 2 N–H and O–H groups in total. The fraction of sp³-hybridized carbons (Fsp3) is 0.333. The topological polar surface area (TPSA) is 80.7 Å². The SMILES string of the molecule is CC(=O)N=NC1Cc2cc3nc(N)sc3cc2C1. The minimum Gasteiger partial charge on any atom is -0.375 e. The summed E-state index contributed by atoms with van der Waals surface area (Å²) in [5, 5.41) is 8.28. The van der Waals surface area contributed by atoms with Crippen molar-refractivity contribution in [1.82, 2.24) is 4.98 Å². The number of nitrogens with two attached hydrogens (primary N) is 1. The summed E-state index contributed by atoms with van der Waals surface area (Å²) in [5.74, 6) is -0.249. The maximum absolute atomic E-state index is 10.8. The predicted molar refractivity (Wildman–Crippen MR) is 70.8 cm³/mol. The molecule has 1 aromatic carbocycles. The Morgan fingerprint density at radius 2 is 2.17 bits per heavy atom. The normalized spacial score (nSPS) is 18.6. The van der Waals surface area contributed by atoms with Gasteiger partial charge in [-0.1, -0.05) is 11.3 Å². The quantitative estimate of drug-likeness (QED) is 0.799. The molecule has 5 nitrogen and oxygen atoms in total. The molecule has 1 aliphatic rings. The fourth-order valence-electron chi connectivity index (χ4n) is 2.28. The molecule has 1 aliphatic carbocycles. The Labute approximate surface area is 108 Å². The van der Waals surface area contributed by atoms with Gasteiger partial charge in [0.2, 0.25) is 0 Å². The van der Waals surface area contributed by atoms with Gasteiger partial charge in [0.1, 0.15) is 0 Å². The Balaban J connectivity index is 1.91. The van der Waals surface area contributed by atoms with Gasteiger partial charge in [0, 0.05) is 6.92 Å². The number of amides is 1. The maximum atomic E-state index is 10.8. The highest BCUT2D eigenvalue weighted by Gasteiger charge is 2.22. The number of carbonyl (C=O) groups is 1. The zero-order valence-electron chi connectivity index (χ0n) is 9.88. The molecule has 0 radical (unpaired) electrons. The van der Waals surface area contributed by atoms with E-state index in [9.17, 15) is 4.79 Å². The van der Waals surface area contributed by atoms with E-state index in [4.69, 9.17) is 5.73 Å². The number of hydrogen-bond donors (Lipinski definition) is 1. The zero-order chi connectivity index (χ0) is 12.7. The fourth-order valence-corrected chi connectivity index (χ4v) is 3.06. The van der Waals surface area contributed by atoms with Crippen LogP contribution < -0.4 is 5.73 Å². The van der Waals surface area contributed by atoms with Gasteiger partial charge in [0.25, 0.3) is 5.91 Å². The summed E-state index contributed by atoms with van der Waals surface area (Å²) in [6, 6.07) is 4.28. The van der Waals surface area contributed by atoms with Crippen LogP contribution in [0.4, 0.5) is 5.13 Å². The molecule has 3 rings (SSSR count). The van der Waals surface area contributed by atoms with E-state index in [0.717, 1.165) is 23.1 Å². The number of hydrogen-bond acceptors (Lipinski definition) is 5. The van der Waals surface area contributed by atoms with Gasteiger partial charge in [0.05, 0.1) is 16.3 Å². The zero-order valence-corrected chi connectivity index (χ0v) is 10.7. The lowest BCUT2D eigenvalue weighted by Crippen LogP contribution is -2.02. The van der Waals surface area contributed by atoms with Crippen molar-refractivity contribution in [3.63, 3.8) is 0 Å². The number of rotatable bonds is 1. The van der Waals surface area contributed by atoms with Crippen LogP contribution in [0.5, 0.6) is 0 Å². The number of aromatic nitrogens is 1. The highest BCUT2D eigenvalue weighted by molar-refractivity contribution is 7.22. The van der Waals surface area contributed by atoms with Gasteiger partial charge in [-0.3, -0.25) is 4.79 Å². The summed E-state index contributed by atoms with van der Waals surface area (Å²) in [5.41, 5.74) is 9.14. The highest BCUT2D eigenvalue weighted by Crippen LogP contribution is 2.32. The Bertz CT molecular complexity index is 618. The van der Waals surface area contributed by atoms with Crippen molar-refractivity contribution >= 4 is 32.6 Å². The summed E-state index contributed by atoms with van der Waals surface area (Å²) in [6.07, 6.45) is 1.65. The lowest BCUT2D eigenvalue weighted by molar-refractivity contribution is -0.116. The third-order valence-corrected chi connectivity index (χ3v) is 3.85. The summed E-state index contributed by atoms with van der Waals surface area (Å²) >= 11 is 1.50. The monoisotopic (exact) mass is 260 g/mol. The first-order valence-corrected chi connectivity index (χ1v) is 6.52. The van der Waals surface area contributed by atoms with E-state index in [2.05, 4.69) is 27.3 Å². The minimum absolute atomic E-state index is 0.0813. The average molecular weight is 260 g/mol. The van der Waals surface area contributed by atoms with Crippen LogP contribution in [0, 0.1) is 0 Å². The van der Waals surface area contributed by atoms with Crippen LogP contribution in [0.3, 0.4) is 0 Å². The van der Waals surface area contributed by atoms with Crippen molar-refractivity contribution in [2.45, 2.75) is 25.8 Å². The third-order valence-electron chi connectivity index (χ3n) is 3.00. The van der Waals surface area contributed by atoms with Crippen LogP contribution in [0.2, 0.25) is 0 Å². The van der Waals surface area contributed by atoms with Gasteiger partial charge in [0.15, 0.2) is 5.13 Å². The lowest BCUT2D eigenvalue weighted by atomic mass is 10.1. The molecule has 6 heteroatoms. The third kappa shape index (κ3) is 1.99. The van der Waals surface area contributed by atoms with Crippen LogP contribution in [-0.4, -0.2) is 16.9 Å². The summed E-state index contributed by atoms with van der Waals surface area (Å²) in [4.78, 5) is 15.1. The lowest BCUT2D eigenvalue weighted by Gasteiger charge is -1.96. The van der Waals surface area contributed by atoms with Crippen molar-refractivity contribution in [3.8, 4) is 0 Å². The van der Waals surface area contributed by atoms with Crippen molar-refractivity contribution < 1.29 is 4.79 Å². The standard InChI is InChI=1S/C12H12N4OS/c1-6(17)15-16-9-2-7-4-10-11(5-8(7)3-9)18-12(13)14-10/h4-5,9H,2-3H2,1H3,(H2,13,14). The predicted octanol–water partition coefficient (Wildman–Crippen LogP) is 2.34. The number of fused-ring (bicyclic) bond motifs is 2. The summed E-state index contributed by atoms with van der Waals surface area (Å²) in [6.45, 7) is 1.41. The molecule has 92 valence electrons. The van der Waals surface area contributed by atoms with Gasteiger partial charge in [-0.25, -0.2) is 4.98 Å². The molecule has 18 heavy (non-hydrogen) atoms. The number of anilines is 1. The second kappa shape index (κ2) is 4.13. The van der Waals surface area contributed by atoms with E-state index < -0.39 is 0 Å². The minimum atomic E-state index is -0.249. The maximum Gasteiger partial charge on any atom is 0.261 e. The Kier molecular flexibility index (Phi) is 2.59. The van der Waals surface area contributed by atoms with Crippen molar-refractivity contribution in [1.29, 1.82) is 0 Å². The van der Waals surface area contributed by atoms with Crippen LogP contribution in [0.15, 0.2) is 22.4 Å². The molecule has 2 aromatic rings. The number of nitrogens with zero attached hydrogens (tertiary/aromatic N) is 3. The molecule has 0 fully saturated rings. The molecule has 0 bridgehead atoms. The first-order chi connectivity index (χ1) is 8.61. The second-order valence-corrected chi connectivity index (χ2v) is 5.50. The Morgan fingerprint density at radius 1 is 1.44 bits per heavy atom. The summed E-state index contributed by atoms with van der Waals surface area (Å²) in [7, 11) is 0. The molecule has 1 unspecified atom stereocenters. The molecule has 0 aliphatic heterocycles. The van der Waals surface area contributed by atoms with Crippen LogP contribution in [0.25, 0.3) is 10.2 Å². The van der Waals surface area contributed by atoms with E-state index in [1.165, 1.54) is 29.4 Å². The van der Waals surface area contributed by atoms with E-state index in [0.29, 0.717) is 5.13 Å². The van der Waals surface area contributed by atoms with E-state index in [-0.39, 0.29) is 11.9 Å². The Hall–Kier alpha value is -1.82. The van der Waals surface area contributed by atoms with Crippen LogP contribution >= 0.6 is 11.3 Å². The van der Waals surface area contributed by atoms with E-state index in [1.807, 2.05) is 0 Å². The molecule has 0 spiro atoms. The van der Waals surface area contributed by atoms with Crippen molar-refractivity contribution in [2.75, 3.05) is 5.73 Å². The van der Waals surface area contributed by atoms with Gasteiger partial charge < -0.3 is 5.73 Å². The van der Waals surface area contributed by atoms with Crippen LogP contribution in [-0.2, 0) is 17.6 Å². The number of carbonyl (C=O) groups excluding carboxylic acids is 1. The molecule has 1 aromatic heterocycles. The molecule has 0 saturated heterocycles.